The largest absolute Gasteiger partial charge is 0.452 e. The maximum Gasteiger partial charge on any atom is 0.338 e. The van der Waals surface area contributed by atoms with Crippen molar-refractivity contribution in [3.8, 4) is 11.5 Å². The van der Waals surface area contributed by atoms with E-state index in [1.165, 1.54) is 0 Å². The van der Waals surface area contributed by atoms with Gasteiger partial charge in [0.2, 0.25) is 5.89 Å². The fourth-order valence-electron chi connectivity index (χ4n) is 2.01. The van der Waals surface area contributed by atoms with Crippen LogP contribution in [0.2, 0.25) is 0 Å². The van der Waals surface area contributed by atoms with Crippen LogP contribution in [0.4, 0.5) is 14.8 Å². The Bertz CT molecular complexity index is 924. The standard InChI is InChI=1S/C17H11F2N3O4/c18-12-6-11(7-13(19)8-12)16(24)25-9-14(23)20-17-22-21-15(26-17)10-4-2-1-3-5-10/h1-8H,9H2,(H,20,22,23). The summed E-state index contributed by atoms with van der Waals surface area (Å²) in [6, 6.07) is 10.9. The number of anilines is 1. The van der Waals surface area contributed by atoms with Crippen molar-refractivity contribution in [3.63, 3.8) is 0 Å². The highest BCUT2D eigenvalue weighted by atomic mass is 19.1. The molecule has 0 aliphatic rings. The number of amides is 1. The molecule has 0 unspecified atom stereocenters. The SMILES string of the molecule is O=C(COC(=O)c1cc(F)cc(F)c1)Nc1nnc(-c2ccccc2)o1. The molecule has 2 aromatic carbocycles. The van der Waals surface area contributed by atoms with Gasteiger partial charge in [-0.3, -0.25) is 10.1 Å². The second-order valence-electron chi connectivity index (χ2n) is 5.06. The summed E-state index contributed by atoms with van der Waals surface area (Å²) >= 11 is 0. The van der Waals surface area contributed by atoms with E-state index in [9.17, 15) is 18.4 Å². The van der Waals surface area contributed by atoms with Crippen LogP contribution in [0.3, 0.4) is 0 Å². The lowest BCUT2D eigenvalue weighted by molar-refractivity contribution is -0.119. The molecule has 0 bridgehead atoms. The molecule has 9 heteroatoms. The average molecular weight is 359 g/mol. The Morgan fingerprint density at radius 2 is 1.73 bits per heavy atom. The van der Waals surface area contributed by atoms with E-state index >= 15 is 0 Å². The lowest BCUT2D eigenvalue weighted by Gasteiger charge is -2.04. The number of hydrogen-bond donors (Lipinski definition) is 1. The van der Waals surface area contributed by atoms with Crippen LogP contribution in [0.5, 0.6) is 0 Å². The molecule has 0 aliphatic heterocycles. The van der Waals surface area contributed by atoms with Crippen LogP contribution in [0.1, 0.15) is 10.4 Å². The lowest BCUT2D eigenvalue weighted by Crippen LogP contribution is -2.21. The van der Waals surface area contributed by atoms with Crippen molar-refractivity contribution in [2.24, 2.45) is 0 Å². The molecule has 1 heterocycles. The van der Waals surface area contributed by atoms with Gasteiger partial charge < -0.3 is 9.15 Å². The molecule has 0 spiro atoms. The van der Waals surface area contributed by atoms with Gasteiger partial charge in [-0.1, -0.05) is 23.3 Å². The van der Waals surface area contributed by atoms with E-state index < -0.39 is 30.1 Å². The maximum absolute atomic E-state index is 13.1. The molecule has 0 fully saturated rings. The zero-order valence-corrected chi connectivity index (χ0v) is 13.1. The number of ether oxygens (including phenoxy) is 1. The van der Waals surface area contributed by atoms with Crippen LogP contribution in [0.25, 0.3) is 11.5 Å². The first-order valence-electron chi connectivity index (χ1n) is 7.33. The number of esters is 1. The van der Waals surface area contributed by atoms with Crippen molar-refractivity contribution in [2.45, 2.75) is 0 Å². The van der Waals surface area contributed by atoms with E-state index in [4.69, 9.17) is 4.42 Å². The lowest BCUT2D eigenvalue weighted by atomic mass is 10.2. The third kappa shape index (κ3) is 4.26. The van der Waals surface area contributed by atoms with Crippen LogP contribution in [-0.4, -0.2) is 28.7 Å². The molecular formula is C17H11F2N3O4. The summed E-state index contributed by atoms with van der Waals surface area (Å²) in [5, 5.41) is 9.69. The van der Waals surface area contributed by atoms with E-state index in [1.54, 1.807) is 24.3 Å². The van der Waals surface area contributed by atoms with Crippen LogP contribution in [0, 0.1) is 11.6 Å². The number of benzene rings is 2. The van der Waals surface area contributed by atoms with Gasteiger partial charge in [-0.05, 0) is 24.3 Å². The van der Waals surface area contributed by atoms with Crippen molar-refractivity contribution >= 4 is 17.9 Å². The predicted molar refractivity (Wildman–Crippen MR) is 85.0 cm³/mol. The number of nitrogens with zero attached hydrogens (tertiary/aromatic N) is 2. The minimum absolute atomic E-state index is 0.179. The Morgan fingerprint density at radius 3 is 2.42 bits per heavy atom. The smallest absolute Gasteiger partial charge is 0.338 e. The Kier molecular flexibility index (Phi) is 4.97. The number of nitrogens with one attached hydrogen (secondary N) is 1. The summed E-state index contributed by atoms with van der Waals surface area (Å²) in [4.78, 5) is 23.5. The Balaban J connectivity index is 1.56. The van der Waals surface area contributed by atoms with Crippen LogP contribution >= 0.6 is 0 Å². The van der Waals surface area contributed by atoms with E-state index in [0.717, 1.165) is 12.1 Å². The molecule has 0 saturated heterocycles. The summed E-state index contributed by atoms with van der Waals surface area (Å²) in [5.41, 5.74) is 0.319. The minimum atomic E-state index is -1.05. The van der Waals surface area contributed by atoms with Crippen molar-refractivity contribution in [3.05, 3.63) is 65.7 Å². The van der Waals surface area contributed by atoms with Gasteiger partial charge in [0.05, 0.1) is 5.56 Å². The van der Waals surface area contributed by atoms with Crippen molar-refractivity contribution < 1.29 is 27.5 Å². The number of hydrogen-bond acceptors (Lipinski definition) is 6. The molecule has 26 heavy (non-hydrogen) atoms. The number of halogens is 2. The van der Waals surface area contributed by atoms with Crippen molar-refractivity contribution in [1.82, 2.24) is 10.2 Å². The second kappa shape index (κ2) is 7.51. The quantitative estimate of drug-likeness (QED) is 0.704. The van der Waals surface area contributed by atoms with Gasteiger partial charge >= 0.3 is 12.0 Å². The predicted octanol–water partition coefficient (Wildman–Crippen LogP) is 2.81. The summed E-state index contributed by atoms with van der Waals surface area (Å²) in [6.07, 6.45) is 0. The van der Waals surface area contributed by atoms with Crippen LogP contribution in [0.15, 0.2) is 52.9 Å². The first-order chi connectivity index (χ1) is 12.5. The van der Waals surface area contributed by atoms with Gasteiger partial charge in [0.25, 0.3) is 5.91 Å². The molecule has 1 aromatic heterocycles. The van der Waals surface area contributed by atoms with Crippen molar-refractivity contribution in [2.75, 3.05) is 11.9 Å². The normalized spacial score (nSPS) is 10.4. The first kappa shape index (κ1) is 17.2. The minimum Gasteiger partial charge on any atom is -0.452 e. The highest BCUT2D eigenvalue weighted by Gasteiger charge is 2.15. The highest BCUT2D eigenvalue weighted by molar-refractivity contribution is 5.94. The van der Waals surface area contributed by atoms with Gasteiger partial charge in [0.1, 0.15) is 11.6 Å². The Morgan fingerprint density at radius 1 is 1.04 bits per heavy atom. The summed E-state index contributed by atoms with van der Waals surface area (Å²) in [5.74, 6) is -3.46. The molecular weight excluding hydrogens is 348 g/mol. The molecule has 1 N–H and O–H groups in total. The molecule has 0 radical (unpaired) electrons. The van der Waals surface area contributed by atoms with E-state index in [1.807, 2.05) is 6.07 Å². The molecule has 0 aliphatic carbocycles. The van der Waals surface area contributed by atoms with Crippen LogP contribution in [-0.2, 0) is 9.53 Å². The van der Waals surface area contributed by atoms with Gasteiger partial charge in [0, 0.05) is 11.6 Å². The average Bonchev–Trinajstić information content (AvgIpc) is 3.08. The zero-order chi connectivity index (χ0) is 18.5. The number of carbonyl (C=O) groups is 2. The molecule has 3 rings (SSSR count). The molecule has 0 atom stereocenters. The topological polar surface area (TPSA) is 94.3 Å². The summed E-state index contributed by atoms with van der Waals surface area (Å²) < 4.78 is 36.1. The third-order valence-electron chi connectivity index (χ3n) is 3.12. The number of carbonyl (C=O) groups excluding carboxylic acids is 2. The molecule has 1 amide bonds. The monoisotopic (exact) mass is 359 g/mol. The molecule has 7 nitrogen and oxygen atoms in total. The van der Waals surface area contributed by atoms with Gasteiger partial charge in [0.15, 0.2) is 6.61 Å². The van der Waals surface area contributed by atoms with Gasteiger partial charge in [-0.2, -0.15) is 0 Å². The van der Waals surface area contributed by atoms with E-state index in [-0.39, 0.29) is 17.5 Å². The third-order valence-corrected chi connectivity index (χ3v) is 3.12. The fourth-order valence-corrected chi connectivity index (χ4v) is 2.01. The van der Waals surface area contributed by atoms with E-state index in [2.05, 4.69) is 20.3 Å². The number of rotatable bonds is 5. The summed E-state index contributed by atoms with van der Waals surface area (Å²) in [6.45, 7) is -0.694. The summed E-state index contributed by atoms with van der Waals surface area (Å²) in [7, 11) is 0. The molecule has 3 aromatic rings. The molecule has 0 saturated carbocycles. The van der Waals surface area contributed by atoms with Crippen molar-refractivity contribution in [1.29, 1.82) is 0 Å². The highest BCUT2D eigenvalue weighted by Crippen LogP contribution is 2.19. The first-order valence-corrected chi connectivity index (χ1v) is 7.33. The zero-order valence-electron chi connectivity index (χ0n) is 13.1. The molecule has 132 valence electrons. The number of aromatic nitrogens is 2. The van der Waals surface area contributed by atoms with Gasteiger partial charge in [-0.25, -0.2) is 13.6 Å². The van der Waals surface area contributed by atoms with Gasteiger partial charge in [-0.15, -0.1) is 5.10 Å². The maximum atomic E-state index is 13.1. The van der Waals surface area contributed by atoms with E-state index in [0.29, 0.717) is 11.6 Å². The van der Waals surface area contributed by atoms with Crippen LogP contribution < -0.4 is 5.32 Å². The second-order valence-corrected chi connectivity index (χ2v) is 5.06. The Labute approximate surface area is 145 Å². The fraction of sp³-hybridized carbons (Fsp3) is 0.0588. The Hall–Kier alpha value is -3.62.